The SMILES string of the molecule is COc1ccc([N+](=O)[O-])cc1NC(=O)CSc1nc2c(c(C(F)(F)F)n1)CCC2. The molecular weight excluding hydrogens is 413 g/mol. The van der Waals surface area contributed by atoms with Gasteiger partial charge in [0, 0.05) is 23.4 Å². The molecule has 0 saturated heterocycles. The second kappa shape index (κ2) is 8.23. The maximum atomic E-state index is 13.2. The smallest absolute Gasteiger partial charge is 0.433 e. The van der Waals surface area contributed by atoms with Gasteiger partial charge >= 0.3 is 6.18 Å². The van der Waals surface area contributed by atoms with Gasteiger partial charge in [0.25, 0.3) is 5.69 Å². The standard InChI is InChI=1S/C17H15F3N4O4S/c1-28-13-6-5-9(24(26)27)7-12(13)21-14(25)8-29-16-22-11-4-2-3-10(11)15(23-16)17(18,19)20/h5-7H,2-4,8H2,1H3,(H,21,25). The van der Waals surface area contributed by atoms with E-state index in [-0.39, 0.29) is 40.0 Å². The van der Waals surface area contributed by atoms with Gasteiger partial charge in [-0.1, -0.05) is 11.8 Å². The molecule has 8 nitrogen and oxygen atoms in total. The number of non-ortho nitro benzene ring substituents is 1. The predicted molar refractivity (Wildman–Crippen MR) is 98.1 cm³/mol. The number of anilines is 1. The summed E-state index contributed by atoms with van der Waals surface area (Å²) in [6.07, 6.45) is -3.30. The van der Waals surface area contributed by atoms with E-state index in [9.17, 15) is 28.1 Å². The van der Waals surface area contributed by atoms with E-state index in [0.29, 0.717) is 18.5 Å². The third kappa shape index (κ3) is 4.75. The normalized spacial score (nSPS) is 13.1. The molecule has 154 valence electrons. The molecule has 0 bridgehead atoms. The Labute approximate surface area is 167 Å². The average molecular weight is 428 g/mol. The summed E-state index contributed by atoms with van der Waals surface area (Å²) in [5, 5.41) is 13.2. The van der Waals surface area contributed by atoms with Gasteiger partial charge in [-0.25, -0.2) is 9.97 Å². The molecule has 0 fully saturated rings. The first-order chi connectivity index (χ1) is 13.7. The highest BCUT2D eigenvalue weighted by atomic mass is 32.2. The fourth-order valence-corrected chi connectivity index (χ4v) is 3.60. The van der Waals surface area contributed by atoms with Crippen LogP contribution in [0.25, 0.3) is 0 Å². The molecule has 1 N–H and O–H groups in total. The molecular formula is C17H15F3N4O4S. The third-order valence-electron chi connectivity index (χ3n) is 4.18. The molecule has 2 aromatic rings. The van der Waals surface area contributed by atoms with Crippen molar-refractivity contribution in [3.63, 3.8) is 0 Å². The van der Waals surface area contributed by atoms with E-state index >= 15 is 0 Å². The first-order valence-electron chi connectivity index (χ1n) is 8.41. The highest BCUT2D eigenvalue weighted by molar-refractivity contribution is 7.99. The molecule has 3 rings (SSSR count). The Balaban J connectivity index is 1.74. The summed E-state index contributed by atoms with van der Waals surface area (Å²) in [4.78, 5) is 30.2. The summed E-state index contributed by atoms with van der Waals surface area (Å²) in [5.74, 6) is -0.657. The molecule has 1 aliphatic carbocycles. The minimum Gasteiger partial charge on any atom is -0.495 e. The van der Waals surface area contributed by atoms with Crippen LogP contribution in [0.5, 0.6) is 5.75 Å². The predicted octanol–water partition coefficient (Wildman–Crippen LogP) is 3.63. The number of thioether (sulfide) groups is 1. The number of carbonyl (C=O) groups excluding carboxylic acids is 1. The van der Waals surface area contributed by atoms with Crippen LogP contribution in [0.2, 0.25) is 0 Å². The van der Waals surface area contributed by atoms with E-state index in [1.54, 1.807) is 0 Å². The zero-order valence-corrected chi connectivity index (χ0v) is 15.9. The summed E-state index contributed by atoms with van der Waals surface area (Å²) in [7, 11) is 1.34. The summed E-state index contributed by atoms with van der Waals surface area (Å²) in [5.41, 5.74) is -0.643. The topological polar surface area (TPSA) is 107 Å². The molecule has 0 spiro atoms. The minimum absolute atomic E-state index is 0.0816. The number of halogens is 3. The number of ether oxygens (including phenoxy) is 1. The zero-order chi connectivity index (χ0) is 21.2. The maximum Gasteiger partial charge on any atom is 0.433 e. The van der Waals surface area contributed by atoms with Crippen LogP contribution in [0, 0.1) is 10.1 Å². The van der Waals surface area contributed by atoms with E-state index in [4.69, 9.17) is 4.74 Å². The fraction of sp³-hybridized carbons (Fsp3) is 0.353. The monoisotopic (exact) mass is 428 g/mol. The summed E-state index contributed by atoms with van der Waals surface area (Å²) in [6, 6.07) is 3.69. The number of amides is 1. The molecule has 29 heavy (non-hydrogen) atoms. The number of nitro benzene ring substituents is 1. The number of hydrogen-bond donors (Lipinski definition) is 1. The summed E-state index contributed by atoms with van der Waals surface area (Å²) >= 11 is 0.759. The lowest BCUT2D eigenvalue weighted by Crippen LogP contribution is -2.17. The van der Waals surface area contributed by atoms with Crippen molar-refractivity contribution in [2.75, 3.05) is 18.2 Å². The Morgan fingerprint density at radius 3 is 2.76 bits per heavy atom. The Morgan fingerprint density at radius 1 is 1.34 bits per heavy atom. The van der Waals surface area contributed by atoms with E-state index in [1.807, 2.05) is 0 Å². The van der Waals surface area contributed by atoms with E-state index in [2.05, 4.69) is 15.3 Å². The van der Waals surface area contributed by atoms with Crippen LogP contribution in [0.15, 0.2) is 23.4 Å². The van der Waals surface area contributed by atoms with Gasteiger partial charge in [0.05, 0.1) is 23.5 Å². The molecule has 12 heteroatoms. The summed E-state index contributed by atoms with van der Waals surface area (Å²) in [6.45, 7) is 0. The van der Waals surface area contributed by atoms with Gasteiger partial charge in [-0.05, 0) is 25.3 Å². The first kappa shape index (κ1) is 20.8. The molecule has 0 aliphatic heterocycles. The minimum atomic E-state index is -4.59. The van der Waals surface area contributed by atoms with Crippen LogP contribution >= 0.6 is 11.8 Å². The van der Waals surface area contributed by atoms with Crippen LogP contribution in [-0.2, 0) is 23.8 Å². The number of methoxy groups -OCH3 is 1. The second-order valence-electron chi connectivity index (χ2n) is 6.11. The number of aryl methyl sites for hydroxylation is 1. The van der Waals surface area contributed by atoms with E-state index in [1.165, 1.54) is 19.2 Å². The van der Waals surface area contributed by atoms with Gasteiger partial charge in [0.2, 0.25) is 5.91 Å². The molecule has 1 amide bonds. The Hall–Kier alpha value is -2.89. The first-order valence-corrected chi connectivity index (χ1v) is 9.39. The number of carbonyl (C=O) groups is 1. The van der Waals surface area contributed by atoms with Gasteiger partial charge in [0.15, 0.2) is 10.9 Å². The van der Waals surface area contributed by atoms with Gasteiger partial charge in [-0.2, -0.15) is 13.2 Å². The highest BCUT2D eigenvalue weighted by Gasteiger charge is 2.38. The molecule has 0 saturated carbocycles. The van der Waals surface area contributed by atoms with Crippen molar-refractivity contribution in [3.8, 4) is 5.75 Å². The number of alkyl halides is 3. The second-order valence-corrected chi connectivity index (χ2v) is 7.05. The molecule has 1 aromatic carbocycles. The lowest BCUT2D eigenvalue weighted by molar-refractivity contribution is -0.384. The fourth-order valence-electron chi connectivity index (χ4n) is 2.93. The number of nitrogens with zero attached hydrogens (tertiary/aromatic N) is 3. The highest BCUT2D eigenvalue weighted by Crippen LogP contribution is 2.36. The van der Waals surface area contributed by atoms with Crippen molar-refractivity contribution in [2.45, 2.75) is 30.6 Å². The number of nitro groups is 1. The number of fused-ring (bicyclic) bond motifs is 1. The lowest BCUT2D eigenvalue weighted by atomic mass is 10.2. The maximum absolute atomic E-state index is 13.2. The number of aromatic nitrogens is 2. The quantitative estimate of drug-likeness (QED) is 0.324. The van der Waals surface area contributed by atoms with Crippen LogP contribution in [-0.4, -0.2) is 33.7 Å². The van der Waals surface area contributed by atoms with Gasteiger partial charge in [-0.3, -0.25) is 14.9 Å². The average Bonchev–Trinajstić information content (AvgIpc) is 3.13. The van der Waals surface area contributed by atoms with Crippen LogP contribution < -0.4 is 10.1 Å². The zero-order valence-electron chi connectivity index (χ0n) is 15.1. The number of rotatable bonds is 6. The number of hydrogen-bond acceptors (Lipinski definition) is 7. The molecule has 0 unspecified atom stereocenters. The third-order valence-corrected chi connectivity index (χ3v) is 5.03. The molecule has 1 aliphatic rings. The van der Waals surface area contributed by atoms with E-state index < -0.39 is 22.7 Å². The van der Waals surface area contributed by atoms with Crippen molar-refractivity contribution in [1.82, 2.24) is 9.97 Å². The lowest BCUT2D eigenvalue weighted by Gasteiger charge is -2.12. The van der Waals surface area contributed by atoms with Crippen molar-refractivity contribution >= 4 is 29.0 Å². The Morgan fingerprint density at radius 2 is 2.10 bits per heavy atom. The van der Waals surface area contributed by atoms with Crippen LogP contribution in [0.3, 0.4) is 0 Å². The van der Waals surface area contributed by atoms with Gasteiger partial charge in [0.1, 0.15) is 5.75 Å². The van der Waals surface area contributed by atoms with Crippen molar-refractivity contribution in [3.05, 3.63) is 45.3 Å². The Bertz CT molecular complexity index is 968. The molecule has 0 atom stereocenters. The number of benzene rings is 1. The Kier molecular flexibility index (Phi) is 5.91. The van der Waals surface area contributed by atoms with Gasteiger partial charge < -0.3 is 10.1 Å². The van der Waals surface area contributed by atoms with E-state index in [0.717, 1.165) is 17.8 Å². The van der Waals surface area contributed by atoms with Crippen LogP contribution in [0.1, 0.15) is 23.4 Å². The van der Waals surface area contributed by atoms with Crippen molar-refractivity contribution in [2.24, 2.45) is 0 Å². The molecule has 0 radical (unpaired) electrons. The summed E-state index contributed by atoms with van der Waals surface area (Å²) < 4.78 is 44.8. The largest absolute Gasteiger partial charge is 0.495 e. The number of nitrogens with one attached hydrogen (secondary N) is 1. The molecule has 1 aromatic heterocycles. The molecule has 1 heterocycles. The van der Waals surface area contributed by atoms with Gasteiger partial charge in [-0.15, -0.1) is 0 Å². The van der Waals surface area contributed by atoms with Crippen molar-refractivity contribution < 1.29 is 27.6 Å². The van der Waals surface area contributed by atoms with Crippen LogP contribution in [0.4, 0.5) is 24.5 Å². The van der Waals surface area contributed by atoms with Crippen molar-refractivity contribution in [1.29, 1.82) is 0 Å².